The number of hydrogen-bond donors (Lipinski definition) is 2. The van der Waals surface area contributed by atoms with Crippen LogP contribution in [0.4, 0.5) is 4.79 Å². The predicted molar refractivity (Wildman–Crippen MR) is 153 cm³/mol. The van der Waals surface area contributed by atoms with Crippen LogP contribution in [0.3, 0.4) is 0 Å². The van der Waals surface area contributed by atoms with Crippen LogP contribution in [0.5, 0.6) is 0 Å². The van der Waals surface area contributed by atoms with Gasteiger partial charge in [0.15, 0.2) is 0 Å². The number of carboxylic acids is 1. The monoisotopic (exact) mass is 569 g/mol. The Morgan fingerprint density at radius 2 is 1.77 bits per heavy atom. The Balaban J connectivity index is 0.00000274. The molecule has 1 fully saturated rings. The fourth-order valence-corrected chi connectivity index (χ4v) is 4.30. The minimum absolute atomic E-state index is 0.00150. The number of carboxylic acid groups (broad SMARTS) is 1. The number of amides is 4. The van der Waals surface area contributed by atoms with Crippen molar-refractivity contribution in [3.05, 3.63) is 70.7 Å². The van der Waals surface area contributed by atoms with Crippen molar-refractivity contribution in [2.75, 3.05) is 26.8 Å². The van der Waals surface area contributed by atoms with Crippen LogP contribution in [0.25, 0.3) is 0 Å². The van der Waals surface area contributed by atoms with Gasteiger partial charge in [-0.15, -0.1) is 6.42 Å². The highest BCUT2D eigenvalue weighted by Crippen LogP contribution is 2.21. The molecule has 1 heterocycles. The molecule has 2 aromatic rings. The van der Waals surface area contributed by atoms with Crippen molar-refractivity contribution in [1.82, 2.24) is 25.1 Å². The molecule has 40 heavy (non-hydrogen) atoms. The van der Waals surface area contributed by atoms with Gasteiger partial charge in [-0.2, -0.15) is 5.01 Å². The quantitative estimate of drug-likeness (QED) is 0.424. The number of hydrazine groups is 1. The molecule has 2 aromatic carbocycles. The molecular formula is C29H36ClN5O5. The summed E-state index contributed by atoms with van der Waals surface area (Å²) in [5.74, 6) is 0.433. The van der Waals surface area contributed by atoms with Gasteiger partial charge in [-0.1, -0.05) is 79.9 Å². The lowest BCUT2D eigenvalue weighted by Crippen LogP contribution is -2.66. The smallest absolute Gasteiger partial charge is 0.333 e. The number of carbonyl (C=O) groups is 4. The van der Waals surface area contributed by atoms with Crippen molar-refractivity contribution in [2.24, 2.45) is 0 Å². The van der Waals surface area contributed by atoms with Crippen molar-refractivity contribution in [2.45, 2.75) is 45.8 Å². The van der Waals surface area contributed by atoms with Crippen molar-refractivity contribution < 1.29 is 24.3 Å². The van der Waals surface area contributed by atoms with Gasteiger partial charge in [0.25, 0.3) is 0 Å². The molecule has 1 unspecified atom stereocenters. The van der Waals surface area contributed by atoms with E-state index in [2.05, 4.69) is 11.2 Å². The van der Waals surface area contributed by atoms with E-state index in [1.54, 1.807) is 31.3 Å². The van der Waals surface area contributed by atoms with Crippen LogP contribution < -0.4 is 5.32 Å². The summed E-state index contributed by atoms with van der Waals surface area (Å²) in [7, 11) is 1.56. The Labute approximate surface area is 240 Å². The number of carbonyl (C=O) groups excluding carboxylic acids is 3. The minimum atomic E-state index is -1.11. The lowest BCUT2D eigenvalue weighted by molar-refractivity contribution is -0.163. The lowest BCUT2D eigenvalue weighted by Gasteiger charge is -2.45. The topological polar surface area (TPSA) is 114 Å². The molecule has 1 aliphatic heterocycles. The van der Waals surface area contributed by atoms with Crippen LogP contribution in [-0.2, 0) is 27.5 Å². The molecule has 0 aromatic heterocycles. The molecule has 0 radical (unpaired) electrons. The number of terminal acetylenes is 1. The number of rotatable bonds is 10. The number of urea groups is 1. The lowest BCUT2D eigenvalue weighted by atomic mass is 10.1. The van der Waals surface area contributed by atoms with E-state index >= 15 is 0 Å². The van der Waals surface area contributed by atoms with Gasteiger partial charge < -0.3 is 20.2 Å². The van der Waals surface area contributed by atoms with Crippen LogP contribution in [0.2, 0.25) is 5.02 Å². The first-order chi connectivity index (χ1) is 19.2. The number of halogens is 1. The molecule has 1 atom stereocenters. The SMILES string of the molecule is C#CCN1CC(=O)N(C(CCC(=O)O)C(=O)N(C)Cc2ccccc2Cl)CN1C(=O)NCc1ccccc1.CC. The Bertz CT molecular complexity index is 1200. The van der Waals surface area contributed by atoms with Gasteiger partial charge in [-0.3, -0.25) is 14.4 Å². The van der Waals surface area contributed by atoms with Crippen LogP contribution in [-0.4, -0.2) is 81.6 Å². The second-order valence-corrected chi connectivity index (χ2v) is 9.22. The summed E-state index contributed by atoms with van der Waals surface area (Å²) in [4.78, 5) is 53.9. The highest BCUT2D eigenvalue weighted by atomic mass is 35.5. The van der Waals surface area contributed by atoms with Crippen LogP contribution >= 0.6 is 11.6 Å². The van der Waals surface area contributed by atoms with E-state index in [1.807, 2.05) is 44.2 Å². The van der Waals surface area contributed by atoms with E-state index in [-0.39, 0.29) is 45.7 Å². The number of nitrogens with one attached hydrogen (secondary N) is 1. The third-order valence-electron chi connectivity index (χ3n) is 6.10. The molecule has 0 spiro atoms. The van der Waals surface area contributed by atoms with E-state index in [4.69, 9.17) is 18.0 Å². The molecule has 1 aliphatic rings. The molecule has 0 aliphatic carbocycles. The van der Waals surface area contributed by atoms with Crippen LogP contribution in [0.15, 0.2) is 54.6 Å². The first-order valence-electron chi connectivity index (χ1n) is 13.0. The average Bonchev–Trinajstić information content (AvgIpc) is 2.95. The third kappa shape index (κ3) is 9.00. The van der Waals surface area contributed by atoms with Gasteiger partial charge in [0.05, 0.1) is 13.1 Å². The number of nitrogens with zero attached hydrogens (tertiary/aromatic N) is 4. The summed E-state index contributed by atoms with van der Waals surface area (Å²) in [5.41, 5.74) is 1.58. The summed E-state index contributed by atoms with van der Waals surface area (Å²) in [6.07, 6.45) is 5.01. The van der Waals surface area contributed by atoms with E-state index < -0.39 is 29.9 Å². The molecular weight excluding hydrogens is 534 g/mol. The normalized spacial score (nSPS) is 13.9. The maximum absolute atomic E-state index is 13.5. The van der Waals surface area contributed by atoms with E-state index in [9.17, 15) is 24.3 Å². The highest BCUT2D eigenvalue weighted by Gasteiger charge is 2.40. The van der Waals surface area contributed by atoms with Gasteiger partial charge in [-0.05, 0) is 23.6 Å². The molecule has 1 saturated heterocycles. The maximum Gasteiger partial charge on any atom is 0.333 e. The first kappa shape index (κ1) is 32.1. The van der Waals surface area contributed by atoms with Gasteiger partial charge in [-0.25, -0.2) is 9.80 Å². The molecule has 0 saturated carbocycles. The molecule has 3 rings (SSSR count). The largest absolute Gasteiger partial charge is 0.481 e. The zero-order valence-corrected chi connectivity index (χ0v) is 23.8. The summed E-state index contributed by atoms with van der Waals surface area (Å²) in [6.45, 7) is 3.90. The molecule has 4 amide bonds. The maximum atomic E-state index is 13.5. The van der Waals surface area contributed by atoms with E-state index in [0.29, 0.717) is 10.6 Å². The molecule has 10 nitrogen and oxygen atoms in total. The van der Waals surface area contributed by atoms with Gasteiger partial charge in [0.2, 0.25) is 11.8 Å². The molecule has 214 valence electrons. The van der Waals surface area contributed by atoms with E-state index in [0.717, 1.165) is 5.56 Å². The van der Waals surface area contributed by atoms with Gasteiger partial charge in [0.1, 0.15) is 12.7 Å². The Morgan fingerprint density at radius 3 is 2.40 bits per heavy atom. The first-order valence-corrected chi connectivity index (χ1v) is 13.4. The molecule has 11 heteroatoms. The third-order valence-corrected chi connectivity index (χ3v) is 6.46. The Morgan fingerprint density at radius 1 is 1.12 bits per heavy atom. The minimum Gasteiger partial charge on any atom is -0.481 e. The second-order valence-electron chi connectivity index (χ2n) is 8.81. The summed E-state index contributed by atoms with van der Waals surface area (Å²) >= 11 is 6.25. The molecule has 2 N–H and O–H groups in total. The van der Waals surface area contributed by atoms with E-state index in [1.165, 1.54) is 19.8 Å². The Kier molecular flexibility index (Phi) is 13.0. The van der Waals surface area contributed by atoms with Gasteiger partial charge in [0, 0.05) is 31.6 Å². The van der Waals surface area contributed by atoms with Crippen molar-refractivity contribution in [3.63, 3.8) is 0 Å². The fraction of sp³-hybridized carbons (Fsp3) is 0.379. The Hall–Kier alpha value is -4.07. The number of aliphatic carboxylic acids is 1. The number of benzene rings is 2. The standard InChI is InChI=1S/C27H30ClN5O5.C2H6/c1-3-15-31-18-24(34)32(19-33(31)27(38)29-16-20-9-5-4-6-10-20)23(13-14-25(35)36)26(37)30(2)17-21-11-7-8-12-22(21)28;1-2/h1,4-12,23H,13-19H2,2H3,(H,29,38)(H,35,36);1-2H3. The predicted octanol–water partition coefficient (Wildman–Crippen LogP) is 3.42. The summed E-state index contributed by atoms with van der Waals surface area (Å²) < 4.78 is 0. The van der Waals surface area contributed by atoms with Gasteiger partial charge >= 0.3 is 12.0 Å². The summed E-state index contributed by atoms with van der Waals surface area (Å²) in [5, 5.41) is 15.3. The van der Waals surface area contributed by atoms with Crippen molar-refractivity contribution in [1.29, 1.82) is 0 Å². The van der Waals surface area contributed by atoms with Crippen LogP contribution in [0.1, 0.15) is 37.8 Å². The molecule has 0 bridgehead atoms. The van der Waals surface area contributed by atoms with Crippen molar-refractivity contribution in [3.8, 4) is 12.3 Å². The zero-order valence-electron chi connectivity index (χ0n) is 23.0. The fourth-order valence-electron chi connectivity index (χ4n) is 4.11. The average molecular weight is 570 g/mol. The number of likely N-dealkylation sites (N-methyl/N-ethyl adjacent to an activating group) is 1. The van der Waals surface area contributed by atoms with Crippen LogP contribution in [0, 0.1) is 12.3 Å². The zero-order chi connectivity index (χ0) is 29.7. The van der Waals surface area contributed by atoms with Crippen molar-refractivity contribution >= 4 is 35.4 Å². The second kappa shape index (κ2) is 16.1. The number of hydrogen-bond acceptors (Lipinski definition) is 5. The highest BCUT2D eigenvalue weighted by molar-refractivity contribution is 6.31. The summed E-state index contributed by atoms with van der Waals surface area (Å²) in [6, 6.07) is 14.7.